The summed E-state index contributed by atoms with van der Waals surface area (Å²) < 4.78 is 39.2. The molecular formula is C16H12F3NS. The Bertz CT molecular complexity index is 669. The third-order valence-electron chi connectivity index (χ3n) is 2.97. The molecule has 21 heavy (non-hydrogen) atoms. The molecule has 0 aliphatic rings. The van der Waals surface area contributed by atoms with Crippen LogP contribution in [-0.2, 0) is 12.6 Å². The van der Waals surface area contributed by atoms with E-state index in [0.29, 0.717) is 0 Å². The van der Waals surface area contributed by atoms with E-state index in [2.05, 4.69) is 0 Å². The highest BCUT2D eigenvalue weighted by Gasteiger charge is 2.34. The number of aryl methyl sites for hydroxylation is 1. The molecule has 1 nitrogen and oxygen atoms in total. The van der Waals surface area contributed by atoms with Gasteiger partial charge >= 0.3 is 6.18 Å². The fourth-order valence-electron chi connectivity index (χ4n) is 1.83. The van der Waals surface area contributed by atoms with Gasteiger partial charge in [-0.3, -0.25) is 0 Å². The maximum absolute atomic E-state index is 13.1. The van der Waals surface area contributed by atoms with Gasteiger partial charge in [-0.1, -0.05) is 30.8 Å². The number of nitriles is 1. The Morgan fingerprint density at radius 1 is 1.10 bits per heavy atom. The summed E-state index contributed by atoms with van der Waals surface area (Å²) >= 11 is 1.05. The van der Waals surface area contributed by atoms with E-state index >= 15 is 0 Å². The van der Waals surface area contributed by atoms with Crippen LogP contribution in [0.1, 0.15) is 23.6 Å². The lowest BCUT2D eigenvalue weighted by molar-refractivity contribution is -0.139. The first-order valence-corrected chi connectivity index (χ1v) is 7.14. The first-order chi connectivity index (χ1) is 9.94. The maximum Gasteiger partial charge on any atom is 0.417 e. The van der Waals surface area contributed by atoms with Crippen LogP contribution in [-0.4, -0.2) is 0 Å². The second-order valence-corrected chi connectivity index (χ2v) is 5.54. The molecule has 2 rings (SSSR count). The van der Waals surface area contributed by atoms with Gasteiger partial charge in [-0.05, 0) is 42.3 Å². The molecule has 0 aliphatic carbocycles. The summed E-state index contributed by atoms with van der Waals surface area (Å²) in [5.74, 6) is 0. The van der Waals surface area contributed by atoms with Gasteiger partial charge in [-0.2, -0.15) is 18.4 Å². The standard InChI is InChI=1S/C16H12F3NS/c1-2-11-3-6-13(7-4-11)21-15-8-5-12(10-20)9-14(15)16(17,18)19/h3-9H,2H2,1H3. The normalized spacial score (nSPS) is 11.2. The lowest BCUT2D eigenvalue weighted by Gasteiger charge is -2.13. The van der Waals surface area contributed by atoms with E-state index in [1.165, 1.54) is 12.1 Å². The van der Waals surface area contributed by atoms with Crippen LogP contribution < -0.4 is 0 Å². The number of hydrogen-bond donors (Lipinski definition) is 0. The van der Waals surface area contributed by atoms with Crippen LogP contribution in [0.4, 0.5) is 13.2 Å². The van der Waals surface area contributed by atoms with Gasteiger partial charge in [-0.15, -0.1) is 0 Å². The Labute approximate surface area is 125 Å². The highest BCUT2D eigenvalue weighted by molar-refractivity contribution is 7.99. The summed E-state index contributed by atoms with van der Waals surface area (Å²) in [6.45, 7) is 2.02. The molecule has 0 aromatic heterocycles. The van der Waals surface area contributed by atoms with Crippen molar-refractivity contribution in [3.05, 3.63) is 59.2 Å². The Kier molecular flexibility index (Phi) is 4.59. The first-order valence-electron chi connectivity index (χ1n) is 6.32. The minimum absolute atomic E-state index is 0.00741. The number of halogens is 3. The third kappa shape index (κ3) is 3.79. The van der Waals surface area contributed by atoms with E-state index in [1.54, 1.807) is 6.07 Å². The zero-order valence-electron chi connectivity index (χ0n) is 11.2. The SMILES string of the molecule is CCc1ccc(Sc2ccc(C#N)cc2C(F)(F)F)cc1. The van der Waals surface area contributed by atoms with Crippen molar-refractivity contribution in [3.8, 4) is 6.07 Å². The molecule has 0 saturated heterocycles. The molecule has 0 unspecified atom stereocenters. The van der Waals surface area contributed by atoms with Gasteiger partial charge in [0.1, 0.15) is 0 Å². The first kappa shape index (κ1) is 15.5. The van der Waals surface area contributed by atoms with E-state index < -0.39 is 11.7 Å². The number of benzene rings is 2. The van der Waals surface area contributed by atoms with Gasteiger partial charge in [0.05, 0.1) is 17.2 Å². The molecule has 0 atom stereocenters. The van der Waals surface area contributed by atoms with Crippen LogP contribution in [0.15, 0.2) is 52.3 Å². The van der Waals surface area contributed by atoms with Crippen LogP contribution in [0.25, 0.3) is 0 Å². The van der Waals surface area contributed by atoms with Crippen LogP contribution in [0.5, 0.6) is 0 Å². The number of rotatable bonds is 3. The quantitative estimate of drug-likeness (QED) is 0.769. The van der Waals surface area contributed by atoms with E-state index in [4.69, 9.17) is 5.26 Å². The van der Waals surface area contributed by atoms with Crippen LogP contribution in [0, 0.1) is 11.3 Å². The zero-order chi connectivity index (χ0) is 15.5. The van der Waals surface area contributed by atoms with Gasteiger partial charge in [0.15, 0.2) is 0 Å². The maximum atomic E-state index is 13.1. The highest BCUT2D eigenvalue weighted by atomic mass is 32.2. The molecule has 0 fully saturated rings. The fraction of sp³-hybridized carbons (Fsp3) is 0.188. The second-order valence-electron chi connectivity index (χ2n) is 4.42. The highest BCUT2D eigenvalue weighted by Crippen LogP contribution is 2.40. The van der Waals surface area contributed by atoms with Crippen molar-refractivity contribution >= 4 is 11.8 Å². The molecule has 5 heteroatoms. The largest absolute Gasteiger partial charge is 0.417 e. The lowest BCUT2D eigenvalue weighted by Crippen LogP contribution is -2.07. The average molecular weight is 307 g/mol. The van der Waals surface area contributed by atoms with E-state index in [-0.39, 0.29) is 10.5 Å². The zero-order valence-corrected chi connectivity index (χ0v) is 12.1. The summed E-state index contributed by atoms with van der Waals surface area (Å²) in [6.07, 6.45) is -3.59. The molecule has 2 aromatic rings. The molecule has 0 N–H and O–H groups in total. The van der Waals surface area contributed by atoms with Crippen LogP contribution >= 0.6 is 11.8 Å². The van der Waals surface area contributed by atoms with Crippen molar-refractivity contribution in [3.63, 3.8) is 0 Å². The van der Waals surface area contributed by atoms with Crippen molar-refractivity contribution in [2.75, 3.05) is 0 Å². The minimum Gasteiger partial charge on any atom is -0.192 e. The molecular weight excluding hydrogens is 295 g/mol. The second kappa shape index (κ2) is 6.23. The van der Waals surface area contributed by atoms with Crippen molar-refractivity contribution in [2.45, 2.75) is 29.3 Å². The van der Waals surface area contributed by atoms with Gasteiger partial charge in [0.25, 0.3) is 0 Å². The Balaban J connectivity index is 2.36. The van der Waals surface area contributed by atoms with Crippen molar-refractivity contribution < 1.29 is 13.2 Å². The van der Waals surface area contributed by atoms with Crippen LogP contribution in [0.3, 0.4) is 0 Å². The number of hydrogen-bond acceptors (Lipinski definition) is 2. The predicted octanol–water partition coefficient (Wildman–Crippen LogP) is 5.29. The topological polar surface area (TPSA) is 23.8 Å². The van der Waals surface area contributed by atoms with Gasteiger partial charge in [-0.25, -0.2) is 0 Å². The molecule has 108 valence electrons. The molecule has 0 amide bonds. The smallest absolute Gasteiger partial charge is 0.192 e. The fourth-order valence-corrected chi connectivity index (χ4v) is 2.78. The monoisotopic (exact) mass is 307 g/mol. The Morgan fingerprint density at radius 3 is 2.29 bits per heavy atom. The summed E-state index contributed by atoms with van der Waals surface area (Å²) in [5.41, 5.74) is 0.370. The minimum atomic E-state index is -4.47. The van der Waals surface area contributed by atoms with Crippen molar-refractivity contribution in [2.24, 2.45) is 0 Å². The summed E-state index contributed by atoms with van der Waals surface area (Å²) in [4.78, 5) is 0.841. The Hall–Kier alpha value is -1.93. The van der Waals surface area contributed by atoms with E-state index in [0.717, 1.165) is 34.7 Å². The molecule has 0 radical (unpaired) electrons. The van der Waals surface area contributed by atoms with Gasteiger partial charge < -0.3 is 0 Å². The van der Waals surface area contributed by atoms with Gasteiger partial charge in [0, 0.05) is 9.79 Å². The number of nitrogens with zero attached hydrogens (tertiary/aromatic N) is 1. The van der Waals surface area contributed by atoms with E-state index in [1.807, 2.05) is 31.2 Å². The molecule has 0 saturated carbocycles. The summed E-state index contributed by atoms with van der Waals surface area (Å²) in [7, 11) is 0. The molecule has 0 bridgehead atoms. The lowest BCUT2D eigenvalue weighted by atomic mass is 10.1. The Morgan fingerprint density at radius 2 is 1.76 bits per heavy atom. The van der Waals surface area contributed by atoms with E-state index in [9.17, 15) is 13.2 Å². The van der Waals surface area contributed by atoms with Crippen molar-refractivity contribution in [1.29, 1.82) is 5.26 Å². The molecule has 0 heterocycles. The summed E-state index contributed by atoms with van der Waals surface area (Å²) in [6, 6.07) is 12.8. The molecule has 0 aliphatic heterocycles. The van der Waals surface area contributed by atoms with Gasteiger partial charge in [0.2, 0.25) is 0 Å². The van der Waals surface area contributed by atoms with Crippen LogP contribution in [0.2, 0.25) is 0 Å². The third-order valence-corrected chi connectivity index (χ3v) is 4.06. The molecule has 0 spiro atoms. The molecule has 2 aromatic carbocycles. The number of alkyl halides is 3. The average Bonchev–Trinajstić information content (AvgIpc) is 2.47. The summed E-state index contributed by atoms with van der Waals surface area (Å²) in [5, 5.41) is 8.74. The predicted molar refractivity (Wildman–Crippen MR) is 76.1 cm³/mol. The van der Waals surface area contributed by atoms with Crippen molar-refractivity contribution in [1.82, 2.24) is 0 Å².